The third-order valence-electron chi connectivity index (χ3n) is 12.0. The van der Waals surface area contributed by atoms with Crippen molar-refractivity contribution in [2.45, 2.75) is 65.8 Å². The largest absolute Gasteiger partial charge is 0.459 e. The lowest BCUT2D eigenvalue weighted by Crippen LogP contribution is -2.37. The Hall–Kier alpha value is -7.61. The van der Waals surface area contributed by atoms with Crippen LogP contribution >= 0.6 is 0 Å². The predicted molar refractivity (Wildman–Crippen MR) is 257 cm³/mol. The van der Waals surface area contributed by atoms with Crippen molar-refractivity contribution in [3.63, 3.8) is 0 Å². The number of carbonyl (C=O) groups excluding carboxylic acids is 2. The molecule has 0 aliphatic carbocycles. The molecule has 368 valence electrons. The number of Topliss-reactive ketones (excluding diaryl/α,β-unsaturated/α-hetero) is 2. The van der Waals surface area contributed by atoms with Gasteiger partial charge in [0.05, 0.1) is 16.4 Å². The first-order chi connectivity index (χ1) is 33.8. The summed E-state index contributed by atoms with van der Waals surface area (Å²) in [6.45, 7) is 9.67. The Labute approximate surface area is 404 Å². The summed E-state index contributed by atoms with van der Waals surface area (Å²) >= 11 is 0. The third kappa shape index (κ3) is 13.3. The number of ketones is 2. The molecule has 2 aromatic heterocycles. The van der Waals surface area contributed by atoms with E-state index in [-0.39, 0.29) is 65.5 Å². The van der Waals surface area contributed by atoms with E-state index in [4.69, 9.17) is 18.9 Å². The minimum atomic E-state index is -0.491. The van der Waals surface area contributed by atoms with Crippen molar-refractivity contribution >= 4 is 40.4 Å². The number of piperidine rings is 2. The lowest BCUT2D eigenvalue weighted by molar-refractivity contribution is -0.385. The van der Waals surface area contributed by atoms with Crippen LogP contribution in [-0.4, -0.2) is 87.5 Å². The number of anilines is 3. The molecule has 0 spiro atoms. The van der Waals surface area contributed by atoms with Gasteiger partial charge in [-0.3, -0.25) is 29.9 Å². The summed E-state index contributed by atoms with van der Waals surface area (Å²) in [6.07, 6.45) is 7.87. The highest BCUT2D eigenvalue weighted by Gasteiger charge is 2.36. The Morgan fingerprint density at radius 1 is 0.814 bits per heavy atom. The van der Waals surface area contributed by atoms with Gasteiger partial charge in [-0.2, -0.15) is 4.98 Å². The molecule has 2 saturated heterocycles. The van der Waals surface area contributed by atoms with Gasteiger partial charge in [0.1, 0.15) is 36.3 Å². The zero-order valence-corrected chi connectivity index (χ0v) is 39.4. The molecule has 0 atom stereocenters. The molecule has 70 heavy (non-hydrogen) atoms. The lowest BCUT2D eigenvalue weighted by atomic mass is 9.89. The van der Waals surface area contributed by atoms with Crippen molar-refractivity contribution in [1.82, 2.24) is 19.9 Å². The highest BCUT2D eigenvalue weighted by atomic mass is 19.1. The van der Waals surface area contributed by atoms with Crippen LogP contribution in [0.4, 0.5) is 33.2 Å². The maximum Gasteiger partial charge on any atom is 0.373 e. The Balaban J connectivity index is 0.000000208. The summed E-state index contributed by atoms with van der Waals surface area (Å²) in [5, 5.41) is 24.3. The van der Waals surface area contributed by atoms with Crippen LogP contribution < -0.4 is 19.4 Å². The second-order valence-electron chi connectivity index (χ2n) is 17.6. The molecule has 0 N–H and O–H groups in total. The number of aromatic nitrogens is 4. The van der Waals surface area contributed by atoms with E-state index in [1.165, 1.54) is 43.2 Å². The number of nitrogens with zero attached hydrogens (tertiary/aromatic N) is 9. The maximum absolute atomic E-state index is 13.2. The standard InChI is InChI=1S/C26H24FN5O5.C24H32N4O5/c27-21-8-6-19(7-9-21)24(33)20-10-12-30(13-11-20)25-23(32(34)35)26(29-16-28-25)31(22-15-36-17-37-22)14-18-4-2-1-3-5-18;1-17(2)14-32-15-20-10-12-27(13-11-20)23-22(28(30)31)24(26-16-25-23)33-21-8-6-19(7-9-21)5-4-18(3)29/h1-9,15-16,20H,10-14,17H2;6-9,16-17,20H,4-5,10-15H2,1-3H3. The second-order valence-corrected chi connectivity index (χ2v) is 17.6. The number of halogens is 1. The van der Waals surface area contributed by atoms with E-state index in [1.54, 1.807) is 28.9 Å². The molecule has 3 aliphatic heterocycles. The first kappa shape index (κ1) is 50.3. The summed E-state index contributed by atoms with van der Waals surface area (Å²) in [5.74, 6) is 1.57. The van der Waals surface area contributed by atoms with Gasteiger partial charge in [0.15, 0.2) is 5.78 Å². The molecule has 0 unspecified atom stereocenters. The van der Waals surface area contributed by atoms with E-state index in [1.807, 2.05) is 47.4 Å². The van der Waals surface area contributed by atoms with Gasteiger partial charge < -0.3 is 33.5 Å². The van der Waals surface area contributed by atoms with E-state index >= 15 is 0 Å². The smallest absolute Gasteiger partial charge is 0.373 e. The highest BCUT2D eigenvalue weighted by Crippen LogP contribution is 2.40. The van der Waals surface area contributed by atoms with Crippen LogP contribution in [0.1, 0.15) is 74.4 Å². The van der Waals surface area contributed by atoms with Crippen molar-refractivity contribution in [2.75, 3.05) is 60.9 Å². The molecule has 0 amide bonds. The molecular formula is C50H56FN9O10. The fourth-order valence-electron chi connectivity index (χ4n) is 8.31. The first-order valence-corrected chi connectivity index (χ1v) is 23.2. The van der Waals surface area contributed by atoms with E-state index in [2.05, 4.69) is 33.8 Å². The minimum Gasteiger partial charge on any atom is -0.459 e. The monoisotopic (exact) mass is 961 g/mol. The summed E-state index contributed by atoms with van der Waals surface area (Å²) < 4.78 is 35.6. The van der Waals surface area contributed by atoms with Crippen LogP contribution in [0.5, 0.6) is 11.6 Å². The molecule has 5 aromatic rings. The molecule has 8 rings (SSSR count). The Morgan fingerprint density at radius 2 is 1.44 bits per heavy atom. The van der Waals surface area contributed by atoms with Crippen molar-refractivity contribution in [3.8, 4) is 11.6 Å². The predicted octanol–water partition coefficient (Wildman–Crippen LogP) is 9.02. The molecule has 5 heterocycles. The van der Waals surface area contributed by atoms with E-state index < -0.39 is 15.7 Å². The molecule has 20 heteroatoms. The molecule has 3 aliphatic rings. The van der Waals surface area contributed by atoms with Gasteiger partial charge in [-0.05, 0) is 98.4 Å². The Kier molecular flexibility index (Phi) is 17.3. The lowest BCUT2D eigenvalue weighted by Gasteiger charge is -2.32. The van der Waals surface area contributed by atoms with Gasteiger partial charge in [-0.15, -0.1) is 0 Å². The number of hydrogen-bond acceptors (Lipinski definition) is 17. The van der Waals surface area contributed by atoms with Crippen molar-refractivity contribution in [2.24, 2.45) is 17.8 Å². The van der Waals surface area contributed by atoms with Gasteiger partial charge in [-0.1, -0.05) is 56.3 Å². The fraction of sp³-hybridized carbons (Fsp3) is 0.400. The fourth-order valence-corrected chi connectivity index (χ4v) is 8.31. The van der Waals surface area contributed by atoms with Gasteiger partial charge in [0.2, 0.25) is 30.1 Å². The Morgan fingerprint density at radius 3 is 2.04 bits per heavy atom. The second kappa shape index (κ2) is 24.1. The third-order valence-corrected chi connectivity index (χ3v) is 12.0. The van der Waals surface area contributed by atoms with Gasteiger partial charge in [0.25, 0.3) is 0 Å². The summed E-state index contributed by atoms with van der Waals surface area (Å²) in [4.78, 5) is 69.4. The summed E-state index contributed by atoms with van der Waals surface area (Å²) in [6, 6.07) is 22.1. The molecule has 0 saturated carbocycles. The minimum absolute atomic E-state index is 0.00194. The van der Waals surface area contributed by atoms with Crippen molar-refractivity contribution < 1.29 is 42.8 Å². The maximum atomic E-state index is 13.2. The van der Waals surface area contributed by atoms with Crippen LogP contribution in [0.2, 0.25) is 0 Å². The molecule has 19 nitrogen and oxygen atoms in total. The van der Waals surface area contributed by atoms with Crippen LogP contribution in [0, 0.1) is 43.8 Å². The Bertz CT molecular complexity index is 2610. The molecule has 0 bridgehead atoms. The number of rotatable bonds is 19. The number of aryl methyl sites for hydroxylation is 1. The van der Waals surface area contributed by atoms with Crippen molar-refractivity contribution in [1.29, 1.82) is 0 Å². The van der Waals surface area contributed by atoms with Gasteiger partial charge in [0, 0.05) is 57.3 Å². The number of ether oxygens (including phenoxy) is 4. The zero-order valence-electron chi connectivity index (χ0n) is 39.4. The molecule has 2 fully saturated rings. The molecule has 3 aromatic carbocycles. The average Bonchev–Trinajstić information content (AvgIpc) is 3.91. The normalized spacial score (nSPS) is 15.0. The average molecular weight is 962 g/mol. The number of carbonyl (C=O) groups is 2. The topological polar surface area (TPSA) is 219 Å². The van der Waals surface area contributed by atoms with E-state index in [0.29, 0.717) is 87.5 Å². The highest BCUT2D eigenvalue weighted by molar-refractivity contribution is 5.98. The number of nitro groups is 2. The SMILES string of the molecule is CC(=O)CCc1ccc(Oc2ncnc(N3CCC(COCC(C)C)CC3)c2[N+](=O)[O-])cc1.O=C(c1ccc(F)cc1)C1CCN(c2ncnc(N(Cc3ccccc3)C3=COCO3)c2[N+](=O)[O-])CC1. The molecular weight excluding hydrogens is 906 g/mol. The van der Waals surface area contributed by atoms with Crippen LogP contribution in [0.3, 0.4) is 0 Å². The quantitative estimate of drug-likeness (QED) is 0.0428. The van der Waals surface area contributed by atoms with Crippen LogP contribution in [-0.2, 0) is 32.0 Å². The first-order valence-electron chi connectivity index (χ1n) is 23.2. The zero-order chi connectivity index (χ0) is 49.6. The van der Waals surface area contributed by atoms with Gasteiger partial charge in [-0.25, -0.2) is 19.3 Å². The van der Waals surface area contributed by atoms with Crippen molar-refractivity contribution in [3.05, 3.63) is 146 Å². The number of hydrogen-bond donors (Lipinski definition) is 0. The summed E-state index contributed by atoms with van der Waals surface area (Å²) in [7, 11) is 0. The van der Waals surface area contributed by atoms with E-state index in [0.717, 1.165) is 30.6 Å². The number of benzene rings is 3. The van der Waals surface area contributed by atoms with Crippen LogP contribution in [0.15, 0.2) is 104 Å². The summed E-state index contributed by atoms with van der Waals surface area (Å²) in [5.41, 5.74) is 1.87. The molecule has 0 radical (unpaired) electrons. The van der Waals surface area contributed by atoms with Gasteiger partial charge >= 0.3 is 17.3 Å². The van der Waals surface area contributed by atoms with Crippen LogP contribution in [0.25, 0.3) is 0 Å². The van der Waals surface area contributed by atoms with E-state index in [9.17, 15) is 34.2 Å².